The monoisotopic (exact) mass is 412 g/mol. The van der Waals surface area contributed by atoms with Gasteiger partial charge in [-0.05, 0) is 44.9 Å². The number of rotatable bonds is 10. The summed E-state index contributed by atoms with van der Waals surface area (Å²) >= 11 is 1.66. The first-order chi connectivity index (χ1) is 13.9. The van der Waals surface area contributed by atoms with Gasteiger partial charge in [0.05, 0.1) is 0 Å². The summed E-state index contributed by atoms with van der Waals surface area (Å²) in [5.41, 5.74) is 2.18. The molecule has 0 spiro atoms. The van der Waals surface area contributed by atoms with E-state index in [1.807, 2.05) is 76.2 Å². The lowest BCUT2D eigenvalue weighted by atomic mass is 10.1. The summed E-state index contributed by atoms with van der Waals surface area (Å²) in [4.78, 5) is 28.6. The van der Waals surface area contributed by atoms with Crippen molar-refractivity contribution in [1.29, 1.82) is 0 Å². The van der Waals surface area contributed by atoms with Crippen LogP contribution in [-0.4, -0.2) is 34.6 Å². The average molecular weight is 413 g/mol. The second kappa shape index (κ2) is 11.7. The number of nitrogens with zero attached hydrogens (tertiary/aromatic N) is 1. The maximum atomic E-state index is 13.1. The highest BCUT2D eigenvalue weighted by atomic mass is 32.2. The van der Waals surface area contributed by atoms with Gasteiger partial charge < -0.3 is 10.2 Å². The molecule has 4 nitrogen and oxygen atoms in total. The number of hydrogen-bond donors (Lipinski definition) is 1. The highest BCUT2D eigenvalue weighted by Crippen LogP contribution is 2.19. The third kappa shape index (κ3) is 7.58. The second-order valence-corrected chi connectivity index (χ2v) is 8.58. The zero-order chi connectivity index (χ0) is 21.2. The number of nitrogens with one attached hydrogen (secondary N) is 1. The molecule has 2 aromatic rings. The van der Waals surface area contributed by atoms with E-state index in [0.29, 0.717) is 18.7 Å². The molecular formula is C24H32N2O2S. The molecule has 2 aromatic carbocycles. The minimum absolute atomic E-state index is 0.00161. The van der Waals surface area contributed by atoms with Crippen LogP contribution in [0.2, 0.25) is 0 Å². The summed E-state index contributed by atoms with van der Waals surface area (Å²) in [6, 6.07) is 17.7. The van der Waals surface area contributed by atoms with E-state index in [2.05, 4.69) is 11.4 Å². The molecule has 2 unspecified atom stereocenters. The van der Waals surface area contributed by atoms with Crippen molar-refractivity contribution >= 4 is 23.6 Å². The molecule has 2 amide bonds. The zero-order valence-electron chi connectivity index (χ0n) is 17.9. The number of amides is 2. The first-order valence-electron chi connectivity index (χ1n) is 10.2. The van der Waals surface area contributed by atoms with E-state index in [1.54, 1.807) is 16.7 Å². The Bertz CT molecular complexity index is 794. The molecule has 0 aromatic heterocycles. The maximum absolute atomic E-state index is 13.1. The largest absolute Gasteiger partial charge is 0.352 e. The predicted octanol–water partition coefficient (Wildman–Crippen LogP) is 4.81. The van der Waals surface area contributed by atoms with Crippen molar-refractivity contribution < 1.29 is 9.59 Å². The minimum atomic E-state index is -0.515. The van der Waals surface area contributed by atoms with Crippen LogP contribution in [0.15, 0.2) is 59.5 Å². The van der Waals surface area contributed by atoms with E-state index >= 15 is 0 Å². The van der Waals surface area contributed by atoms with Crippen molar-refractivity contribution in [3.05, 3.63) is 65.7 Å². The molecule has 156 valence electrons. The summed E-state index contributed by atoms with van der Waals surface area (Å²) < 4.78 is 0. The SMILES string of the molecule is CCC(C)NC(=O)C(C)N(Cc1cccc(C)c1)C(=O)CCSc1ccccc1. The van der Waals surface area contributed by atoms with Gasteiger partial charge in [-0.25, -0.2) is 0 Å². The molecule has 0 bridgehead atoms. The maximum Gasteiger partial charge on any atom is 0.242 e. The van der Waals surface area contributed by atoms with Crippen LogP contribution in [-0.2, 0) is 16.1 Å². The molecular weight excluding hydrogens is 380 g/mol. The van der Waals surface area contributed by atoms with Gasteiger partial charge in [0.2, 0.25) is 11.8 Å². The van der Waals surface area contributed by atoms with E-state index < -0.39 is 6.04 Å². The first-order valence-corrected chi connectivity index (χ1v) is 11.2. The lowest BCUT2D eigenvalue weighted by Crippen LogP contribution is -2.49. The van der Waals surface area contributed by atoms with Crippen LogP contribution in [0.5, 0.6) is 0 Å². The summed E-state index contributed by atoms with van der Waals surface area (Å²) in [5, 5.41) is 3.01. The molecule has 2 rings (SSSR count). The average Bonchev–Trinajstić information content (AvgIpc) is 2.72. The van der Waals surface area contributed by atoms with Gasteiger partial charge in [-0.2, -0.15) is 0 Å². The number of carbonyl (C=O) groups is 2. The van der Waals surface area contributed by atoms with E-state index in [1.165, 1.54) is 0 Å². The standard InChI is InChI=1S/C24H32N2O2S/c1-5-19(3)25-24(28)20(4)26(17-21-11-9-10-18(2)16-21)23(27)14-15-29-22-12-7-6-8-13-22/h6-13,16,19-20H,5,14-15,17H2,1-4H3,(H,25,28). The number of aryl methyl sites for hydroxylation is 1. The molecule has 0 saturated heterocycles. The zero-order valence-corrected chi connectivity index (χ0v) is 18.7. The van der Waals surface area contributed by atoms with Crippen LogP contribution >= 0.6 is 11.8 Å². The number of carbonyl (C=O) groups excluding carboxylic acids is 2. The van der Waals surface area contributed by atoms with Crippen LogP contribution in [0.4, 0.5) is 0 Å². The summed E-state index contributed by atoms with van der Waals surface area (Å²) in [6.45, 7) is 8.30. The van der Waals surface area contributed by atoms with Gasteiger partial charge in [-0.15, -0.1) is 11.8 Å². The summed E-state index contributed by atoms with van der Waals surface area (Å²) in [6.07, 6.45) is 1.25. The summed E-state index contributed by atoms with van der Waals surface area (Å²) in [5.74, 6) is 0.588. The van der Waals surface area contributed by atoms with Crippen molar-refractivity contribution in [2.45, 2.75) is 64.1 Å². The van der Waals surface area contributed by atoms with Crippen LogP contribution in [0, 0.1) is 6.92 Å². The van der Waals surface area contributed by atoms with E-state index in [-0.39, 0.29) is 17.9 Å². The fourth-order valence-electron chi connectivity index (χ4n) is 2.97. The predicted molar refractivity (Wildman–Crippen MR) is 121 cm³/mol. The lowest BCUT2D eigenvalue weighted by Gasteiger charge is -2.30. The molecule has 0 fully saturated rings. The lowest BCUT2D eigenvalue weighted by molar-refractivity contribution is -0.140. The fraction of sp³-hybridized carbons (Fsp3) is 0.417. The van der Waals surface area contributed by atoms with Crippen LogP contribution in [0.1, 0.15) is 44.7 Å². The fourth-order valence-corrected chi connectivity index (χ4v) is 3.83. The van der Waals surface area contributed by atoms with Crippen molar-refractivity contribution in [2.75, 3.05) is 5.75 Å². The third-order valence-corrected chi connectivity index (χ3v) is 5.95. The molecule has 0 heterocycles. The van der Waals surface area contributed by atoms with E-state index in [4.69, 9.17) is 0 Å². The van der Waals surface area contributed by atoms with Gasteiger partial charge >= 0.3 is 0 Å². The molecule has 2 atom stereocenters. The molecule has 1 N–H and O–H groups in total. The Morgan fingerprint density at radius 3 is 2.45 bits per heavy atom. The Morgan fingerprint density at radius 1 is 1.07 bits per heavy atom. The number of hydrogen-bond acceptors (Lipinski definition) is 3. The Morgan fingerprint density at radius 2 is 1.79 bits per heavy atom. The Labute approximate surface area is 179 Å². The van der Waals surface area contributed by atoms with Crippen LogP contribution < -0.4 is 5.32 Å². The van der Waals surface area contributed by atoms with Gasteiger partial charge in [-0.1, -0.05) is 55.0 Å². The van der Waals surface area contributed by atoms with Gasteiger partial charge in [-0.3, -0.25) is 9.59 Å². The van der Waals surface area contributed by atoms with Crippen molar-refractivity contribution in [2.24, 2.45) is 0 Å². The first kappa shape index (κ1) is 23.0. The quantitative estimate of drug-likeness (QED) is 0.570. The molecule has 0 aliphatic rings. The van der Waals surface area contributed by atoms with Gasteiger partial charge in [0.1, 0.15) is 6.04 Å². The number of benzene rings is 2. The number of thioether (sulfide) groups is 1. The van der Waals surface area contributed by atoms with Crippen LogP contribution in [0.25, 0.3) is 0 Å². The van der Waals surface area contributed by atoms with Gasteiger partial charge in [0.25, 0.3) is 0 Å². The van der Waals surface area contributed by atoms with Gasteiger partial charge in [0.15, 0.2) is 0 Å². The second-order valence-electron chi connectivity index (χ2n) is 7.42. The highest BCUT2D eigenvalue weighted by Gasteiger charge is 2.26. The minimum Gasteiger partial charge on any atom is -0.352 e. The Hall–Kier alpha value is -2.27. The highest BCUT2D eigenvalue weighted by molar-refractivity contribution is 7.99. The molecule has 0 radical (unpaired) electrons. The Balaban J connectivity index is 2.07. The molecule has 0 aliphatic carbocycles. The van der Waals surface area contributed by atoms with Crippen molar-refractivity contribution in [3.63, 3.8) is 0 Å². The van der Waals surface area contributed by atoms with Gasteiger partial charge in [0, 0.05) is 29.7 Å². The molecule has 5 heteroatoms. The van der Waals surface area contributed by atoms with E-state index in [9.17, 15) is 9.59 Å². The molecule has 0 saturated carbocycles. The third-order valence-electron chi connectivity index (χ3n) is 4.93. The molecule has 0 aliphatic heterocycles. The normalized spacial score (nSPS) is 12.8. The Kier molecular flexibility index (Phi) is 9.26. The van der Waals surface area contributed by atoms with Crippen molar-refractivity contribution in [3.8, 4) is 0 Å². The van der Waals surface area contributed by atoms with Crippen molar-refractivity contribution in [1.82, 2.24) is 10.2 Å². The summed E-state index contributed by atoms with van der Waals surface area (Å²) in [7, 11) is 0. The molecule has 29 heavy (non-hydrogen) atoms. The van der Waals surface area contributed by atoms with E-state index in [0.717, 1.165) is 22.4 Å². The topological polar surface area (TPSA) is 49.4 Å². The smallest absolute Gasteiger partial charge is 0.242 e. The van der Waals surface area contributed by atoms with Crippen LogP contribution in [0.3, 0.4) is 0 Å².